The van der Waals surface area contributed by atoms with Crippen LogP contribution in [-0.4, -0.2) is 15.3 Å². The minimum absolute atomic E-state index is 0.0459. The SMILES string of the molecule is CC(=O)c1cc2ccc(OCc3ccc(Cn4c(CNc5ccc(C)cc5)nc5ccccc54)cc3)cc2oc1=O. The van der Waals surface area contributed by atoms with E-state index in [9.17, 15) is 9.59 Å². The molecule has 204 valence electrons. The third kappa shape index (κ3) is 5.75. The molecule has 0 fully saturated rings. The molecule has 6 rings (SSSR count). The average molecular weight is 544 g/mol. The average Bonchev–Trinajstić information content (AvgIpc) is 3.33. The topological polar surface area (TPSA) is 86.4 Å². The molecule has 0 spiro atoms. The van der Waals surface area contributed by atoms with Gasteiger partial charge in [-0.05, 0) is 67.4 Å². The van der Waals surface area contributed by atoms with E-state index in [4.69, 9.17) is 14.1 Å². The fourth-order valence-electron chi connectivity index (χ4n) is 4.81. The fourth-order valence-corrected chi connectivity index (χ4v) is 4.81. The Morgan fingerprint density at radius 1 is 0.927 bits per heavy atom. The van der Waals surface area contributed by atoms with E-state index >= 15 is 0 Å². The van der Waals surface area contributed by atoms with Gasteiger partial charge in [-0.3, -0.25) is 4.79 Å². The highest BCUT2D eigenvalue weighted by molar-refractivity contribution is 5.96. The summed E-state index contributed by atoms with van der Waals surface area (Å²) in [6.07, 6.45) is 0. The van der Waals surface area contributed by atoms with Gasteiger partial charge in [0, 0.05) is 23.7 Å². The van der Waals surface area contributed by atoms with Gasteiger partial charge in [-0.1, -0.05) is 54.1 Å². The molecule has 0 aliphatic heterocycles. The van der Waals surface area contributed by atoms with Gasteiger partial charge < -0.3 is 19.0 Å². The molecule has 7 nitrogen and oxygen atoms in total. The number of ether oxygens (including phenoxy) is 1. The van der Waals surface area contributed by atoms with Gasteiger partial charge >= 0.3 is 5.63 Å². The van der Waals surface area contributed by atoms with Crippen molar-refractivity contribution in [1.29, 1.82) is 0 Å². The Kier molecular flexibility index (Phi) is 7.08. The Morgan fingerprint density at radius 2 is 1.68 bits per heavy atom. The van der Waals surface area contributed by atoms with Crippen LogP contribution in [0.25, 0.3) is 22.0 Å². The molecule has 0 unspecified atom stereocenters. The Hall–Kier alpha value is -5.17. The van der Waals surface area contributed by atoms with E-state index in [2.05, 4.69) is 71.4 Å². The Balaban J connectivity index is 1.15. The number of fused-ring (bicyclic) bond motifs is 2. The van der Waals surface area contributed by atoms with E-state index in [1.807, 2.05) is 18.2 Å². The molecule has 0 aliphatic carbocycles. The maximum Gasteiger partial charge on any atom is 0.347 e. The summed E-state index contributed by atoms with van der Waals surface area (Å²) >= 11 is 0. The summed E-state index contributed by atoms with van der Waals surface area (Å²) in [4.78, 5) is 28.6. The van der Waals surface area contributed by atoms with Gasteiger partial charge in [-0.25, -0.2) is 9.78 Å². The molecule has 0 saturated carbocycles. The number of imidazole rings is 1. The van der Waals surface area contributed by atoms with Crippen molar-refractivity contribution < 1.29 is 13.9 Å². The number of carbonyl (C=O) groups excluding carboxylic acids is 1. The van der Waals surface area contributed by atoms with Crippen LogP contribution in [-0.2, 0) is 19.7 Å². The molecular weight excluding hydrogens is 514 g/mol. The number of hydrogen-bond acceptors (Lipinski definition) is 6. The first-order valence-electron chi connectivity index (χ1n) is 13.5. The monoisotopic (exact) mass is 543 g/mol. The van der Waals surface area contributed by atoms with E-state index in [-0.39, 0.29) is 11.3 Å². The maximum atomic E-state index is 12.1. The second-order valence-electron chi connectivity index (χ2n) is 10.1. The molecule has 7 heteroatoms. The molecule has 0 amide bonds. The fraction of sp³-hybridized carbons (Fsp3) is 0.147. The number of para-hydroxylation sites is 2. The molecule has 2 heterocycles. The lowest BCUT2D eigenvalue weighted by Crippen LogP contribution is -2.11. The highest BCUT2D eigenvalue weighted by atomic mass is 16.5. The van der Waals surface area contributed by atoms with Crippen LogP contribution in [0.1, 0.15) is 39.8 Å². The van der Waals surface area contributed by atoms with Crippen LogP contribution in [0.3, 0.4) is 0 Å². The summed E-state index contributed by atoms with van der Waals surface area (Å²) in [7, 11) is 0. The zero-order valence-corrected chi connectivity index (χ0v) is 22.9. The Bertz CT molecular complexity index is 1920. The number of anilines is 1. The molecule has 41 heavy (non-hydrogen) atoms. The molecule has 1 N–H and O–H groups in total. The maximum absolute atomic E-state index is 12.1. The molecule has 4 aromatic carbocycles. The number of rotatable bonds is 9. The van der Waals surface area contributed by atoms with Crippen LogP contribution < -0.4 is 15.7 Å². The van der Waals surface area contributed by atoms with Gasteiger partial charge in [0.05, 0.1) is 17.6 Å². The van der Waals surface area contributed by atoms with Crippen molar-refractivity contribution in [3.05, 3.63) is 136 Å². The molecule has 0 aliphatic rings. The number of nitrogens with one attached hydrogen (secondary N) is 1. The molecule has 0 atom stereocenters. The minimum Gasteiger partial charge on any atom is -0.489 e. The molecule has 6 aromatic rings. The standard InChI is InChI=1S/C34H29N3O4/c1-22-7-14-27(15-8-22)35-19-33-36-30-5-3-4-6-31(30)37(33)20-24-9-11-25(12-10-24)21-40-28-16-13-26-17-29(23(2)38)34(39)41-32(26)18-28/h3-18,35H,19-21H2,1-2H3. The quantitative estimate of drug-likeness (QED) is 0.158. The first-order valence-corrected chi connectivity index (χ1v) is 13.5. The number of Topliss-reactive ketones (excluding diaryl/α,β-unsaturated/α-hetero) is 1. The molecule has 0 bridgehead atoms. The first kappa shape index (κ1) is 26.1. The molecular formula is C34H29N3O4. The van der Waals surface area contributed by atoms with Crippen LogP contribution in [0.4, 0.5) is 5.69 Å². The Labute approximate surface area is 237 Å². The third-order valence-electron chi connectivity index (χ3n) is 7.09. The summed E-state index contributed by atoms with van der Waals surface area (Å²) in [6, 6.07) is 31.7. The normalized spacial score (nSPS) is 11.2. The van der Waals surface area contributed by atoms with Gasteiger partial charge in [0.15, 0.2) is 5.78 Å². The van der Waals surface area contributed by atoms with Crippen molar-refractivity contribution in [1.82, 2.24) is 9.55 Å². The summed E-state index contributed by atoms with van der Waals surface area (Å²) in [5, 5.41) is 4.17. The van der Waals surface area contributed by atoms with E-state index < -0.39 is 5.63 Å². The Morgan fingerprint density at radius 3 is 2.46 bits per heavy atom. The van der Waals surface area contributed by atoms with Crippen LogP contribution in [0.2, 0.25) is 0 Å². The first-order chi connectivity index (χ1) is 19.9. The summed E-state index contributed by atoms with van der Waals surface area (Å²) in [5.41, 5.74) is 6.32. The number of ketones is 1. The predicted molar refractivity (Wildman–Crippen MR) is 161 cm³/mol. The highest BCUT2D eigenvalue weighted by Gasteiger charge is 2.12. The zero-order chi connectivity index (χ0) is 28.3. The van der Waals surface area contributed by atoms with Crippen molar-refractivity contribution in [3.8, 4) is 5.75 Å². The van der Waals surface area contributed by atoms with Gasteiger partial charge in [0.25, 0.3) is 0 Å². The highest BCUT2D eigenvalue weighted by Crippen LogP contribution is 2.23. The van der Waals surface area contributed by atoms with Gasteiger partial charge in [-0.15, -0.1) is 0 Å². The van der Waals surface area contributed by atoms with E-state index in [0.717, 1.165) is 33.7 Å². The summed E-state index contributed by atoms with van der Waals surface area (Å²) in [6.45, 7) is 5.10. The largest absolute Gasteiger partial charge is 0.489 e. The zero-order valence-electron chi connectivity index (χ0n) is 22.9. The van der Waals surface area contributed by atoms with Crippen LogP contribution >= 0.6 is 0 Å². The second kappa shape index (κ2) is 11.1. The van der Waals surface area contributed by atoms with Crippen LogP contribution in [0.15, 0.2) is 106 Å². The van der Waals surface area contributed by atoms with Crippen molar-refractivity contribution in [2.24, 2.45) is 0 Å². The number of carbonyl (C=O) groups is 1. The summed E-state index contributed by atoms with van der Waals surface area (Å²) < 4.78 is 13.6. The van der Waals surface area contributed by atoms with Crippen molar-refractivity contribution >= 4 is 33.5 Å². The number of aryl methyl sites for hydroxylation is 1. The molecule has 0 radical (unpaired) electrons. The van der Waals surface area contributed by atoms with Gasteiger partial charge in [-0.2, -0.15) is 0 Å². The predicted octanol–water partition coefficient (Wildman–Crippen LogP) is 6.89. The van der Waals surface area contributed by atoms with E-state index in [1.54, 1.807) is 24.3 Å². The van der Waals surface area contributed by atoms with Gasteiger partial charge in [0.2, 0.25) is 0 Å². The van der Waals surface area contributed by atoms with Crippen molar-refractivity contribution in [3.63, 3.8) is 0 Å². The molecule has 0 saturated heterocycles. The van der Waals surface area contributed by atoms with Gasteiger partial charge in [0.1, 0.15) is 29.3 Å². The molecule has 2 aromatic heterocycles. The minimum atomic E-state index is -0.641. The second-order valence-corrected chi connectivity index (χ2v) is 10.1. The lowest BCUT2D eigenvalue weighted by atomic mass is 10.1. The van der Waals surface area contributed by atoms with Crippen molar-refractivity contribution in [2.75, 3.05) is 5.32 Å². The summed E-state index contributed by atoms with van der Waals surface area (Å²) in [5.74, 6) is 1.23. The number of aromatic nitrogens is 2. The number of hydrogen-bond donors (Lipinski definition) is 1. The number of nitrogens with zero attached hydrogens (tertiary/aromatic N) is 2. The lowest BCUT2D eigenvalue weighted by molar-refractivity contribution is 0.101. The van der Waals surface area contributed by atoms with E-state index in [0.29, 0.717) is 36.4 Å². The van der Waals surface area contributed by atoms with E-state index in [1.165, 1.54) is 12.5 Å². The van der Waals surface area contributed by atoms with Crippen LogP contribution in [0.5, 0.6) is 5.75 Å². The lowest BCUT2D eigenvalue weighted by Gasteiger charge is -2.12. The smallest absolute Gasteiger partial charge is 0.347 e. The third-order valence-corrected chi connectivity index (χ3v) is 7.09. The number of benzene rings is 4. The van der Waals surface area contributed by atoms with Crippen LogP contribution in [0, 0.1) is 6.92 Å². The van der Waals surface area contributed by atoms with Crippen molar-refractivity contribution in [2.45, 2.75) is 33.5 Å².